The van der Waals surface area contributed by atoms with Crippen molar-refractivity contribution in [3.05, 3.63) is 12.4 Å². The van der Waals surface area contributed by atoms with E-state index in [1.54, 1.807) is 7.05 Å². The lowest BCUT2D eigenvalue weighted by atomic mass is 10.1. The SMILES string of the molecule is CN1CCC[C@H](NNS(=O)(=O)c2cnn(C)c2)C1.Cl. The van der Waals surface area contributed by atoms with Crippen LogP contribution in [0.25, 0.3) is 0 Å². The van der Waals surface area contributed by atoms with Gasteiger partial charge in [0, 0.05) is 25.8 Å². The molecule has 2 rings (SSSR count). The van der Waals surface area contributed by atoms with E-state index in [0.717, 1.165) is 25.9 Å². The van der Waals surface area contributed by atoms with Gasteiger partial charge >= 0.3 is 0 Å². The van der Waals surface area contributed by atoms with Crippen LogP contribution >= 0.6 is 12.4 Å². The Bertz CT molecular complexity index is 504. The van der Waals surface area contributed by atoms with Crippen molar-refractivity contribution in [3.63, 3.8) is 0 Å². The van der Waals surface area contributed by atoms with Gasteiger partial charge in [0.25, 0.3) is 10.0 Å². The fourth-order valence-corrected chi connectivity index (χ4v) is 2.96. The van der Waals surface area contributed by atoms with Crippen molar-refractivity contribution in [1.82, 2.24) is 24.9 Å². The number of aryl methyl sites for hydroxylation is 1. The van der Waals surface area contributed by atoms with Crippen LogP contribution in [0.2, 0.25) is 0 Å². The number of hydrazine groups is 1. The number of nitrogens with zero attached hydrogens (tertiary/aromatic N) is 3. The summed E-state index contributed by atoms with van der Waals surface area (Å²) < 4.78 is 25.3. The molecule has 0 aliphatic carbocycles. The molecule has 1 fully saturated rings. The molecule has 0 bridgehead atoms. The predicted octanol–water partition coefficient (Wildman–Crippen LogP) is -0.281. The van der Waals surface area contributed by atoms with Gasteiger partial charge in [0.05, 0.1) is 6.20 Å². The maximum atomic E-state index is 11.9. The van der Waals surface area contributed by atoms with E-state index in [1.807, 2.05) is 7.05 Å². The van der Waals surface area contributed by atoms with Gasteiger partial charge in [-0.15, -0.1) is 17.2 Å². The van der Waals surface area contributed by atoms with Crippen LogP contribution in [0.1, 0.15) is 12.8 Å². The van der Waals surface area contributed by atoms with E-state index in [2.05, 4.69) is 20.3 Å². The first-order valence-electron chi connectivity index (χ1n) is 5.92. The van der Waals surface area contributed by atoms with Crippen molar-refractivity contribution in [2.75, 3.05) is 20.1 Å². The minimum absolute atomic E-state index is 0. The fraction of sp³-hybridized carbons (Fsp3) is 0.700. The second kappa shape index (κ2) is 6.67. The fourth-order valence-electron chi connectivity index (χ4n) is 2.04. The van der Waals surface area contributed by atoms with Crippen molar-refractivity contribution < 1.29 is 8.42 Å². The van der Waals surface area contributed by atoms with Gasteiger partial charge in [0.2, 0.25) is 0 Å². The molecular formula is C10H20ClN5O2S. The summed E-state index contributed by atoms with van der Waals surface area (Å²) in [4.78, 5) is 4.77. The molecule has 7 nitrogen and oxygen atoms in total. The van der Waals surface area contributed by atoms with E-state index in [1.165, 1.54) is 17.1 Å². The molecule has 110 valence electrons. The Kier molecular flexibility index (Phi) is 5.75. The lowest BCUT2D eigenvalue weighted by molar-refractivity contribution is 0.223. The third-order valence-corrected chi connectivity index (χ3v) is 4.23. The zero-order chi connectivity index (χ0) is 13.2. The van der Waals surface area contributed by atoms with Crippen LogP contribution < -0.4 is 10.3 Å². The number of likely N-dealkylation sites (tertiary alicyclic amines) is 1. The standard InChI is InChI=1S/C10H19N5O2S.ClH/c1-14-5-3-4-9(7-14)12-13-18(16,17)10-6-11-15(2)8-10;/h6,8-9,12-13H,3-5,7H2,1-2H3;1H/t9-;/m0./s1. The third kappa shape index (κ3) is 4.43. The molecule has 2 heterocycles. The highest BCUT2D eigenvalue weighted by Gasteiger charge is 2.20. The van der Waals surface area contributed by atoms with Crippen molar-refractivity contribution in [2.45, 2.75) is 23.8 Å². The molecule has 0 unspecified atom stereocenters. The number of likely N-dealkylation sites (N-methyl/N-ethyl adjacent to an activating group) is 1. The maximum Gasteiger partial charge on any atom is 0.256 e. The Labute approximate surface area is 119 Å². The van der Waals surface area contributed by atoms with Crippen LogP contribution in [-0.4, -0.2) is 49.3 Å². The molecule has 1 aliphatic rings. The van der Waals surface area contributed by atoms with Crippen LogP contribution in [0.4, 0.5) is 0 Å². The quantitative estimate of drug-likeness (QED) is 0.748. The Balaban J connectivity index is 0.00000180. The summed E-state index contributed by atoms with van der Waals surface area (Å²) in [7, 11) is 0.195. The summed E-state index contributed by atoms with van der Waals surface area (Å²) in [5.41, 5.74) is 2.88. The first kappa shape index (κ1) is 16.4. The molecule has 19 heavy (non-hydrogen) atoms. The minimum Gasteiger partial charge on any atom is -0.305 e. The van der Waals surface area contributed by atoms with E-state index in [9.17, 15) is 8.42 Å². The van der Waals surface area contributed by atoms with Crippen LogP contribution in [0, 0.1) is 0 Å². The Morgan fingerprint density at radius 2 is 2.16 bits per heavy atom. The van der Waals surface area contributed by atoms with Gasteiger partial charge in [-0.3, -0.25) is 4.68 Å². The number of aromatic nitrogens is 2. The zero-order valence-corrected chi connectivity index (χ0v) is 12.7. The average Bonchev–Trinajstić information content (AvgIpc) is 2.74. The molecule has 0 radical (unpaired) electrons. The van der Waals surface area contributed by atoms with Gasteiger partial charge in [-0.2, -0.15) is 5.10 Å². The van der Waals surface area contributed by atoms with Crippen molar-refractivity contribution in [1.29, 1.82) is 0 Å². The third-order valence-electron chi connectivity index (χ3n) is 3.01. The number of halogens is 1. The van der Waals surface area contributed by atoms with Gasteiger partial charge < -0.3 is 4.90 Å². The highest BCUT2D eigenvalue weighted by Crippen LogP contribution is 2.09. The van der Waals surface area contributed by atoms with Crippen LogP contribution in [0.15, 0.2) is 17.3 Å². The van der Waals surface area contributed by atoms with Gasteiger partial charge in [-0.05, 0) is 26.4 Å². The normalized spacial score (nSPS) is 21.1. The lowest BCUT2D eigenvalue weighted by Crippen LogP contribution is -2.51. The highest BCUT2D eigenvalue weighted by molar-refractivity contribution is 7.89. The topological polar surface area (TPSA) is 79.3 Å². The van der Waals surface area contributed by atoms with E-state index in [-0.39, 0.29) is 23.3 Å². The number of hydrogen-bond donors (Lipinski definition) is 2. The number of nitrogens with one attached hydrogen (secondary N) is 2. The van der Waals surface area contributed by atoms with Gasteiger partial charge in [0.15, 0.2) is 0 Å². The Morgan fingerprint density at radius 3 is 2.74 bits per heavy atom. The van der Waals surface area contributed by atoms with E-state index in [4.69, 9.17) is 0 Å². The maximum absolute atomic E-state index is 11.9. The summed E-state index contributed by atoms with van der Waals surface area (Å²) in [6.07, 6.45) is 4.84. The molecule has 1 aromatic heterocycles. The first-order chi connectivity index (χ1) is 8.47. The molecule has 0 saturated carbocycles. The predicted molar refractivity (Wildman–Crippen MR) is 74.4 cm³/mol. The molecule has 0 aromatic carbocycles. The Morgan fingerprint density at radius 1 is 1.42 bits per heavy atom. The van der Waals surface area contributed by atoms with E-state index >= 15 is 0 Å². The molecule has 2 N–H and O–H groups in total. The molecule has 1 atom stereocenters. The van der Waals surface area contributed by atoms with Crippen LogP contribution in [-0.2, 0) is 17.1 Å². The van der Waals surface area contributed by atoms with E-state index in [0.29, 0.717) is 0 Å². The number of sulfonamides is 1. The van der Waals surface area contributed by atoms with Crippen LogP contribution in [0.5, 0.6) is 0 Å². The second-order valence-electron chi connectivity index (χ2n) is 4.70. The van der Waals surface area contributed by atoms with Crippen molar-refractivity contribution in [3.8, 4) is 0 Å². The Hall–Kier alpha value is -0.670. The monoisotopic (exact) mass is 309 g/mol. The zero-order valence-electron chi connectivity index (χ0n) is 11.0. The van der Waals surface area contributed by atoms with Gasteiger partial charge in [-0.1, -0.05) is 0 Å². The summed E-state index contributed by atoms with van der Waals surface area (Å²) in [5.74, 6) is 0. The van der Waals surface area contributed by atoms with Gasteiger partial charge in [0.1, 0.15) is 4.90 Å². The molecule has 0 amide bonds. The number of rotatable bonds is 4. The second-order valence-corrected chi connectivity index (χ2v) is 6.38. The average molecular weight is 310 g/mol. The summed E-state index contributed by atoms with van der Waals surface area (Å²) in [6, 6.07) is 0.148. The largest absolute Gasteiger partial charge is 0.305 e. The van der Waals surface area contributed by atoms with Crippen LogP contribution in [0.3, 0.4) is 0 Å². The summed E-state index contributed by atoms with van der Waals surface area (Å²) in [5, 5.41) is 3.85. The van der Waals surface area contributed by atoms with E-state index < -0.39 is 10.0 Å². The summed E-state index contributed by atoms with van der Waals surface area (Å²) >= 11 is 0. The number of piperidine rings is 1. The van der Waals surface area contributed by atoms with Crippen molar-refractivity contribution in [2.24, 2.45) is 7.05 Å². The first-order valence-corrected chi connectivity index (χ1v) is 7.40. The molecule has 1 aromatic rings. The summed E-state index contributed by atoms with van der Waals surface area (Å²) in [6.45, 7) is 1.91. The molecule has 1 saturated heterocycles. The highest BCUT2D eigenvalue weighted by atomic mass is 35.5. The molecule has 0 spiro atoms. The smallest absolute Gasteiger partial charge is 0.256 e. The lowest BCUT2D eigenvalue weighted by Gasteiger charge is -2.30. The van der Waals surface area contributed by atoms with Gasteiger partial charge in [-0.25, -0.2) is 13.8 Å². The molecule has 1 aliphatic heterocycles. The minimum atomic E-state index is -3.52. The molecular weight excluding hydrogens is 290 g/mol. The molecule has 9 heteroatoms. The van der Waals surface area contributed by atoms with Crippen molar-refractivity contribution >= 4 is 22.4 Å². The number of hydrogen-bond acceptors (Lipinski definition) is 5.